The maximum atomic E-state index is 12.8. The Morgan fingerprint density at radius 3 is 2.61 bits per heavy atom. The Hall–Kier alpha value is -3.03. The molecule has 2 heterocycles. The van der Waals surface area contributed by atoms with Crippen molar-refractivity contribution in [1.82, 2.24) is 15.1 Å². The number of hydrogen-bond donors (Lipinski definition) is 1. The highest BCUT2D eigenvalue weighted by Crippen LogP contribution is 2.30. The maximum Gasteiger partial charge on any atom is 0.272 e. The molecular weight excluding hydrogens is 418 g/mol. The van der Waals surface area contributed by atoms with Gasteiger partial charge in [-0.1, -0.05) is 29.8 Å². The van der Waals surface area contributed by atoms with Gasteiger partial charge in [0.15, 0.2) is 17.2 Å². The minimum Gasteiger partial charge on any atom is -0.493 e. The Kier molecular flexibility index (Phi) is 6.15. The molecule has 1 amide bonds. The number of halogens is 1. The van der Waals surface area contributed by atoms with Gasteiger partial charge in [-0.3, -0.25) is 9.48 Å². The van der Waals surface area contributed by atoms with Gasteiger partial charge in [-0.15, -0.1) is 0 Å². The van der Waals surface area contributed by atoms with E-state index in [1.165, 1.54) is 0 Å². The van der Waals surface area contributed by atoms with E-state index >= 15 is 0 Å². The van der Waals surface area contributed by atoms with Crippen LogP contribution in [-0.4, -0.2) is 29.9 Å². The van der Waals surface area contributed by atoms with Gasteiger partial charge >= 0.3 is 0 Å². The van der Waals surface area contributed by atoms with Crippen molar-refractivity contribution < 1.29 is 19.0 Å². The number of hydrogen-bond acceptors (Lipinski definition) is 5. The zero-order chi connectivity index (χ0) is 22.0. The lowest BCUT2D eigenvalue weighted by Crippen LogP contribution is -2.27. The zero-order valence-corrected chi connectivity index (χ0v) is 18.3. The largest absolute Gasteiger partial charge is 0.493 e. The minimum atomic E-state index is -0.243. The molecule has 0 unspecified atom stereocenters. The highest BCUT2D eigenvalue weighted by atomic mass is 35.5. The predicted molar refractivity (Wildman–Crippen MR) is 117 cm³/mol. The van der Waals surface area contributed by atoms with Crippen molar-refractivity contribution in [2.45, 2.75) is 32.2 Å². The molecule has 0 saturated carbocycles. The molecule has 1 aliphatic rings. The van der Waals surface area contributed by atoms with Crippen LogP contribution < -0.4 is 14.8 Å². The molecule has 1 aromatic heterocycles. The van der Waals surface area contributed by atoms with E-state index in [1.807, 2.05) is 54.1 Å². The third-order valence-corrected chi connectivity index (χ3v) is 5.62. The van der Waals surface area contributed by atoms with E-state index in [0.29, 0.717) is 35.4 Å². The maximum absolute atomic E-state index is 12.8. The summed E-state index contributed by atoms with van der Waals surface area (Å²) >= 11 is 5.97. The van der Waals surface area contributed by atoms with Gasteiger partial charge < -0.3 is 19.5 Å². The second-order valence-electron chi connectivity index (χ2n) is 7.36. The van der Waals surface area contributed by atoms with E-state index in [-0.39, 0.29) is 18.1 Å². The molecule has 31 heavy (non-hydrogen) atoms. The van der Waals surface area contributed by atoms with Crippen molar-refractivity contribution >= 4 is 17.5 Å². The predicted octanol–water partition coefficient (Wildman–Crippen LogP) is 4.32. The number of ether oxygens (including phenoxy) is 3. The van der Waals surface area contributed by atoms with Crippen LogP contribution in [0.1, 0.15) is 46.4 Å². The van der Waals surface area contributed by atoms with Crippen LogP contribution in [-0.2, 0) is 17.9 Å². The summed E-state index contributed by atoms with van der Waals surface area (Å²) < 4.78 is 18.4. The average Bonchev–Trinajstić information content (AvgIpc) is 3.22. The first kappa shape index (κ1) is 21.2. The summed E-state index contributed by atoms with van der Waals surface area (Å²) in [4.78, 5) is 12.8. The van der Waals surface area contributed by atoms with E-state index < -0.39 is 0 Å². The topological polar surface area (TPSA) is 74.6 Å². The van der Waals surface area contributed by atoms with Gasteiger partial charge in [0.05, 0.1) is 39.1 Å². The third kappa shape index (κ3) is 4.52. The van der Waals surface area contributed by atoms with Gasteiger partial charge in [-0.05, 0) is 48.4 Å². The first-order chi connectivity index (χ1) is 15.0. The van der Waals surface area contributed by atoms with Crippen LogP contribution in [0.4, 0.5) is 0 Å². The smallest absolute Gasteiger partial charge is 0.272 e. The molecule has 1 N–H and O–H groups in total. The molecule has 7 nitrogen and oxygen atoms in total. The Morgan fingerprint density at radius 2 is 1.90 bits per heavy atom. The van der Waals surface area contributed by atoms with E-state index in [1.54, 1.807) is 20.3 Å². The number of carbonyl (C=O) groups excluding carboxylic acids is 1. The Bertz CT molecular complexity index is 1080. The van der Waals surface area contributed by atoms with Crippen LogP contribution in [0.3, 0.4) is 0 Å². The Labute approximate surface area is 185 Å². The number of aromatic nitrogens is 2. The van der Waals surface area contributed by atoms with Crippen LogP contribution >= 0.6 is 11.6 Å². The molecule has 8 heteroatoms. The van der Waals surface area contributed by atoms with E-state index in [2.05, 4.69) is 10.4 Å². The molecule has 162 valence electrons. The molecule has 0 radical (unpaired) electrons. The summed E-state index contributed by atoms with van der Waals surface area (Å²) in [5, 5.41) is 8.18. The fourth-order valence-electron chi connectivity index (χ4n) is 3.59. The van der Waals surface area contributed by atoms with Crippen molar-refractivity contribution in [2.24, 2.45) is 0 Å². The molecular formula is C23H24ClN3O4. The molecule has 0 spiro atoms. The zero-order valence-electron chi connectivity index (χ0n) is 17.6. The number of rotatable bonds is 6. The standard InChI is InChI=1S/C23H24ClN3O4/c1-14(16-6-9-20(29-2)21(10-16)30-3)25-23(28)19-11-18-13-31-22(12-27(18)26-19)15-4-7-17(24)8-5-15/h4-11,14,22H,12-13H2,1-3H3,(H,25,28)/t14-,22+/m0/s1. The molecule has 0 aliphatic carbocycles. The molecule has 0 fully saturated rings. The van der Waals surface area contributed by atoms with Crippen LogP contribution in [0.2, 0.25) is 5.02 Å². The number of amides is 1. The fraction of sp³-hybridized carbons (Fsp3) is 0.304. The SMILES string of the molecule is COc1ccc([C@H](C)NC(=O)c2cc3n(n2)C[C@H](c2ccc(Cl)cc2)OC3)cc1OC. The van der Waals surface area contributed by atoms with Crippen molar-refractivity contribution in [2.75, 3.05) is 14.2 Å². The van der Waals surface area contributed by atoms with Crippen molar-refractivity contribution in [1.29, 1.82) is 0 Å². The summed E-state index contributed by atoms with van der Waals surface area (Å²) in [5.74, 6) is 1.01. The summed E-state index contributed by atoms with van der Waals surface area (Å²) in [6.45, 7) is 2.84. The normalized spacial score (nSPS) is 16.3. The van der Waals surface area contributed by atoms with Crippen LogP contribution in [0.25, 0.3) is 0 Å². The van der Waals surface area contributed by atoms with Gasteiger partial charge in [-0.2, -0.15) is 5.10 Å². The lowest BCUT2D eigenvalue weighted by molar-refractivity contribution is -0.00119. The first-order valence-electron chi connectivity index (χ1n) is 9.95. The quantitative estimate of drug-likeness (QED) is 0.616. The fourth-order valence-corrected chi connectivity index (χ4v) is 3.72. The number of methoxy groups -OCH3 is 2. The van der Waals surface area contributed by atoms with E-state index in [0.717, 1.165) is 16.8 Å². The van der Waals surface area contributed by atoms with Gasteiger partial charge in [0, 0.05) is 5.02 Å². The lowest BCUT2D eigenvalue weighted by atomic mass is 10.1. The number of carbonyl (C=O) groups is 1. The summed E-state index contributed by atoms with van der Waals surface area (Å²) in [6, 6.07) is 14.7. The number of nitrogens with zero attached hydrogens (tertiary/aromatic N) is 2. The molecule has 1 aliphatic heterocycles. The summed E-state index contributed by atoms with van der Waals surface area (Å²) in [5.41, 5.74) is 3.16. The van der Waals surface area contributed by atoms with Gasteiger partial charge in [-0.25, -0.2) is 0 Å². The van der Waals surface area contributed by atoms with Crippen molar-refractivity contribution in [3.05, 3.63) is 76.1 Å². The van der Waals surface area contributed by atoms with Crippen molar-refractivity contribution in [3.63, 3.8) is 0 Å². The highest BCUT2D eigenvalue weighted by Gasteiger charge is 2.25. The molecule has 0 bridgehead atoms. The van der Waals surface area contributed by atoms with Gasteiger partial charge in [0.2, 0.25) is 0 Å². The van der Waals surface area contributed by atoms with Crippen LogP contribution in [0, 0.1) is 0 Å². The van der Waals surface area contributed by atoms with Crippen molar-refractivity contribution in [3.8, 4) is 11.5 Å². The second kappa shape index (κ2) is 8.99. The first-order valence-corrected chi connectivity index (χ1v) is 10.3. The Morgan fingerprint density at radius 1 is 1.16 bits per heavy atom. The van der Waals surface area contributed by atoms with Crippen LogP contribution in [0.5, 0.6) is 11.5 Å². The minimum absolute atomic E-state index is 0.133. The molecule has 2 aromatic carbocycles. The average molecular weight is 442 g/mol. The monoisotopic (exact) mass is 441 g/mol. The number of nitrogens with one attached hydrogen (secondary N) is 1. The summed E-state index contributed by atoms with van der Waals surface area (Å²) in [6.07, 6.45) is -0.133. The Balaban J connectivity index is 1.45. The highest BCUT2D eigenvalue weighted by molar-refractivity contribution is 6.30. The van der Waals surface area contributed by atoms with E-state index in [9.17, 15) is 4.79 Å². The lowest BCUT2D eigenvalue weighted by Gasteiger charge is -2.24. The molecule has 4 rings (SSSR count). The third-order valence-electron chi connectivity index (χ3n) is 5.36. The second-order valence-corrected chi connectivity index (χ2v) is 7.80. The molecule has 0 saturated heterocycles. The van der Waals surface area contributed by atoms with Crippen LogP contribution in [0.15, 0.2) is 48.5 Å². The van der Waals surface area contributed by atoms with E-state index in [4.69, 9.17) is 25.8 Å². The molecule has 3 aromatic rings. The van der Waals surface area contributed by atoms with Gasteiger partial charge in [0.1, 0.15) is 6.10 Å². The van der Waals surface area contributed by atoms with Gasteiger partial charge in [0.25, 0.3) is 5.91 Å². The molecule has 2 atom stereocenters. The number of benzene rings is 2. The summed E-state index contributed by atoms with van der Waals surface area (Å²) in [7, 11) is 3.17. The number of fused-ring (bicyclic) bond motifs is 1.